The zero-order valence-electron chi connectivity index (χ0n) is 40.1. The van der Waals surface area contributed by atoms with Crippen LogP contribution in [0, 0.1) is 27.7 Å². The number of aryl methyl sites for hydroxylation is 4. The molecular formula is C64H46N6O2. The van der Waals surface area contributed by atoms with Gasteiger partial charge in [-0.3, -0.25) is 0 Å². The number of fused-ring (bicyclic) bond motifs is 1. The molecule has 0 saturated heterocycles. The van der Waals surface area contributed by atoms with Crippen molar-refractivity contribution in [3.8, 4) is 113 Å². The highest BCUT2D eigenvalue weighted by molar-refractivity contribution is 6.03. The van der Waals surface area contributed by atoms with Crippen molar-refractivity contribution in [2.45, 2.75) is 27.7 Å². The van der Waals surface area contributed by atoms with Gasteiger partial charge in [0.15, 0.2) is 0 Å². The largest absolute Gasteiger partial charge is 0.416 e. The van der Waals surface area contributed by atoms with Crippen LogP contribution in [-0.2, 0) is 0 Å². The molecular weight excluding hydrogens is 885 g/mol. The molecule has 8 heteroatoms. The summed E-state index contributed by atoms with van der Waals surface area (Å²) >= 11 is 0. The van der Waals surface area contributed by atoms with E-state index in [4.69, 9.17) is 18.8 Å². The molecule has 0 spiro atoms. The molecule has 9 aromatic carbocycles. The fraction of sp³-hybridized carbons (Fsp3) is 0.0625. The van der Waals surface area contributed by atoms with E-state index in [-0.39, 0.29) is 0 Å². The van der Waals surface area contributed by atoms with Gasteiger partial charge in [-0.05, 0) is 110 Å². The Kier molecular flexibility index (Phi) is 11.3. The van der Waals surface area contributed by atoms with Gasteiger partial charge in [0, 0.05) is 44.5 Å². The Balaban J connectivity index is 0.942. The van der Waals surface area contributed by atoms with Crippen molar-refractivity contribution in [2.75, 3.05) is 0 Å². The van der Waals surface area contributed by atoms with Gasteiger partial charge in [0.05, 0.1) is 22.4 Å². The maximum Gasteiger partial charge on any atom is 0.248 e. The SMILES string of the molecule is Cc1cc(C)cc(-c2ccc(-c3cc(C)cc(C)c3)c3nc(-c4ccc(-c5ccc(-c6nnc(-c7ccccc7)o6)cc5)cc4)c(-c4ccc(-c5ccc(-c6nnc(-c7ccccc7)o6)cc5)cc4)nc23)c1. The van der Waals surface area contributed by atoms with Crippen LogP contribution in [-0.4, -0.2) is 30.4 Å². The fourth-order valence-corrected chi connectivity index (χ4v) is 9.59. The lowest BCUT2D eigenvalue weighted by Crippen LogP contribution is -1.99. The zero-order chi connectivity index (χ0) is 48.7. The highest BCUT2D eigenvalue weighted by Gasteiger charge is 2.21. The Bertz CT molecular complexity index is 3620. The number of nitrogens with zero attached hydrogens (tertiary/aromatic N) is 6. The Hall–Kier alpha value is -9.40. The summed E-state index contributed by atoms with van der Waals surface area (Å²) in [6.45, 7) is 8.58. The molecule has 3 aromatic heterocycles. The first kappa shape index (κ1) is 43.9. The first-order chi connectivity index (χ1) is 35.3. The molecule has 8 nitrogen and oxygen atoms in total. The number of hydrogen-bond donors (Lipinski definition) is 0. The van der Waals surface area contributed by atoms with E-state index in [0.717, 1.165) is 100 Å². The Morgan fingerprint density at radius 1 is 0.250 bits per heavy atom. The van der Waals surface area contributed by atoms with E-state index in [9.17, 15) is 0 Å². The summed E-state index contributed by atoms with van der Waals surface area (Å²) in [6, 6.07) is 71.1. The van der Waals surface area contributed by atoms with Crippen LogP contribution in [0.1, 0.15) is 22.3 Å². The van der Waals surface area contributed by atoms with Crippen LogP contribution >= 0.6 is 0 Å². The third kappa shape index (κ3) is 8.67. The lowest BCUT2D eigenvalue weighted by molar-refractivity contribution is 0.584. The van der Waals surface area contributed by atoms with Gasteiger partial charge in [-0.1, -0.05) is 180 Å². The molecule has 0 saturated carbocycles. The molecule has 0 N–H and O–H groups in total. The molecule has 0 unspecified atom stereocenters. The molecule has 3 heterocycles. The standard InChI is InChI=1S/C64H46N6O2/c1-39-33-40(2)36-53(35-39)55-31-32-56(54-37-41(3)34-42(4)38-54)60-59(55)65-57(47-23-15-43(16-24-47)45-19-27-51(28-20-45)63-69-67-61(71-63)49-11-7-5-8-12-49)58(66-60)48-25-17-44(18-26-48)46-21-29-52(30-22-46)64-70-68-62(72-64)50-13-9-6-10-14-50/h5-38H,1-4H3. The Morgan fingerprint density at radius 3 is 0.819 bits per heavy atom. The van der Waals surface area contributed by atoms with E-state index in [1.807, 2.05) is 84.9 Å². The van der Waals surface area contributed by atoms with Crippen molar-refractivity contribution >= 4 is 11.0 Å². The van der Waals surface area contributed by atoms with Crippen LogP contribution in [0.25, 0.3) is 124 Å². The van der Waals surface area contributed by atoms with Gasteiger partial charge in [0.25, 0.3) is 0 Å². The fourth-order valence-electron chi connectivity index (χ4n) is 9.59. The van der Waals surface area contributed by atoms with Crippen LogP contribution < -0.4 is 0 Å². The minimum absolute atomic E-state index is 0.475. The first-order valence-corrected chi connectivity index (χ1v) is 24.0. The van der Waals surface area contributed by atoms with Gasteiger partial charge in [-0.15, -0.1) is 20.4 Å². The molecule has 0 fully saturated rings. The van der Waals surface area contributed by atoms with Crippen molar-refractivity contribution in [2.24, 2.45) is 0 Å². The van der Waals surface area contributed by atoms with E-state index in [0.29, 0.717) is 23.6 Å². The van der Waals surface area contributed by atoms with Crippen LogP contribution in [0.15, 0.2) is 215 Å². The summed E-state index contributed by atoms with van der Waals surface area (Å²) < 4.78 is 12.1. The predicted molar refractivity (Wildman–Crippen MR) is 289 cm³/mol. The zero-order valence-corrected chi connectivity index (χ0v) is 40.1. The van der Waals surface area contributed by atoms with Crippen molar-refractivity contribution in [3.63, 3.8) is 0 Å². The van der Waals surface area contributed by atoms with Crippen molar-refractivity contribution in [1.82, 2.24) is 30.4 Å². The molecule has 0 atom stereocenters. The Morgan fingerprint density at radius 2 is 0.514 bits per heavy atom. The quantitative estimate of drug-likeness (QED) is 0.134. The number of hydrogen-bond acceptors (Lipinski definition) is 8. The molecule has 0 bridgehead atoms. The molecule has 72 heavy (non-hydrogen) atoms. The average Bonchev–Trinajstić information content (AvgIpc) is 4.13. The summed E-state index contributed by atoms with van der Waals surface area (Å²) in [7, 11) is 0. The van der Waals surface area contributed by atoms with Crippen molar-refractivity contribution < 1.29 is 8.83 Å². The molecule has 0 aliphatic carbocycles. The van der Waals surface area contributed by atoms with Crippen LogP contribution in [0.2, 0.25) is 0 Å². The van der Waals surface area contributed by atoms with E-state index in [1.165, 1.54) is 22.3 Å². The topological polar surface area (TPSA) is 104 Å². The molecule has 0 radical (unpaired) electrons. The maximum absolute atomic E-state index is 6.05. The number of benzene rings is 9. The lowest BCUT2D eigenvalue weighted by atomic mass is 9.93. The summed E-state index contributed by atoms with van der Waals surface area (Å²) in [6.07, 6.45) is 0. The number of rotatable bonds is 10. The Labute approximate surface area is 417 Å². The molecule has 0 amide bonds. The first-order valence-electron chi connectivity index (χ1n) is 24.0. The predicted octanol–water partition coefficient (Wildman–Crippen LogP) is 16.3. The highest BCUT2D eigenvalue weighted by atomic mass is 16.4. The summed E-state index contributed by atoms with van der Waals surface area (Å²) in [5.41, 5.74) is 22.0. The maximum atomic E-state index is 6.05. The van der Waals surface area contributed by atoms with Gasteiger partial charge in [-0.25, -0.2) is 9.97 Å². The van der Waals surface area contributed by atoms with E-state index < -0.39 is 0 Å². The minimum atomic E-state index is 0.475. The third-order valence-electron chi connectivity index (χ3n) is 13.0. The molecule has 0 aliphatic heterocycles. The van der Waals surface area contributed by atoms with Gasteiger partial charge < -0.3 is 8.83 Å². The normalized spacial score (nSPS) is 11.3. The molecule has 12 rings (SSSR count). The molecule has 344 valence electrons. The van der Waals surface area contributed by atoms with Gasteiger partial charge >= 0.3 is 0 Å². The molecule has 0 aliphatic rings. The minimum Gasteiger partial charge on any atom is -0.416 e. The second-order valence-corrected chi connectivity index (χ2v) is 18.4. The second-order valence-electron chi connectivity index (χ2n) is 18.4. The van der Waals surface area contributed by atoms with Gasteiger partial charge in [-0.2, -0.15) is 0 Å². The smallest absolute Gasteiger partial charge is 0.248 e. The monoisotopic (exact) mass is 930 g/mol. The third-order valence-corrected chi connectivity index (χ3v) is 13.0. The van der Waals surface area contributed by atoms with E-state index >= 15 is 0 Å². The average molecular weight is 931 g/mol. The second kappa shape index (κ2) is 18.5. The van der Waals surface area contributed by atoms with Crippen molar-refractivity contribution in [3.05, 3.63) is 229 Å². The van der Waals surface area contributed by atoms with Gasteiger partial charge in [0.2, 0.25) is 23.6 Å². The number of aromatic nitrogens is 6. The van der Waals surface area contributed by atoms with Crippen LogP contribution in [0.3, 0.4) is 0 Å². The van der Waals surface area contributed by atoms with Crippen LogP contribution in [0.5, 0.6) is 0 Å². The summed E-state index contributed by atoms with van der Waals surface area (Å²) in [5.74, 6) is 1.93. The van der Waals surface area contributed by atoms with E-state index in [1.54, 1.807) is 0 Å². The van der Waals surface area contributed by atoms with Crippen molar-refractivity contribution in [1.29, 1.82) is 0 Å². The van der Waals surface area contributed by atoms with Crippen LogP contribution in [0.4, 0.5) is 0 Å². The highest BCUT2D eigenvalue weighted by Crippen LogP contribution is 2.41. The molecule has 12 aromatic rings. The van der Waals surface area contributed by atoms with E-state index in [2.05, 4.69) is 169 Å². The lowest BCUT2D eigenvalue weighted by Gasteiger charge is -2.17. The summed E-state index contributed by atoms with van der Waals surface area (Å²) in [5, 5.41) is 17.3. The summed E-state index contributed by atoms with van der Waals surface area (Å²) in [4.78, 5) is 11.4. The van der Waals surface area contributed by atoms with Gasteiger partial charge in [0.1, 0.15) is 0 Å².